The number of carbonyl (C=O) groups is 2. The number of esters is 2. The Bertz CT molecular complexity index is 450. The first-order valence-corrected chi connectivity index (χ1v) is 6.06. The standard InChI is InChI=1S/C15H18O4/c1-11(15(17)18-3)12(2)19-14(16)10-9-13-7-5-4-6-8-13/h4-12H,1-3H3. The average Bonchev–Trinajstić information content (AvgIpc) is 2.44. The summed E-state index contributed by atoms with van der Waals surface area (Å²) < 4.78 is 9.73. The van der Waals surface area contributed by atoms with Crippen LogP contribution in [-0.2, 0) is 19.1 Å². The lowest BCUT2D eigenvalue weighted by atomic mass is 10.1. The van der Waals surface area contributed by atoms with Gasteiger partial charge in [0.05, 0.1) is 13.0 Å². The third kappa shape index (κ3) is 4.95. The molecule has 0 radical (unpaired) electrons. The van der Waals surface area contributed by atoms with Crippen molar-refractivity contribution in [3.05, 3.63) is 42.0 Å². The van der Waals surface area contributed by atoms with Crippen LogP contribution in [0.5, 0.6) is 0 Å². The zero-order chi connectivity index (χ0) is 14.3. The minimum absolute atomic E-state index is 0.396. The van der Waals surface area contributed by atoms with E-state index >= 15 is 0 Å². The van der Waals surface area contributed by atoms with Crippen LogP contribution in [0, 0.1) is 5.92 Å². The molecular weight excluding hydrogens is 244 g/mol. The van der Waals surface area contributed by atoms with Crippen LogP contribution in [0.25, 0.3) is 6.08 Å². The summed E-state index contributed by atoms with van der Waals surface area (Å²) in [7, 11) is 1.31. The second-order valence-corrected chi connectivity index (χ2v) is 4.20. The van der Waals surface area contributed by atoms with E-state index in [1.54, 1.807) is 19.9 Å². The lowest BCUT2D eigenvalue weighted by Crippen LogP contribution is -2.28. The van der Waals surface area contributed by atoms with Crippen LogP contribution >= 0.6 is 0 Å². The molecule has 0 fully saturated rings. The van der Waals surface area contributed by atoms with Crippen molar-refractivity contribution in [2.75, 3.05) is 7.11 Å². The lowest BCUT2D eigenvalue weighted by molar-refractivity contribution is -0.155. The first-order valence-electron chi connectivity index (χ1n) is 6.06. The Morgan fingerprint density at radius 3 is 2.37 bits per heavy atom. The van der Waals surface area contributed by atoms with Crippen molar-refractivity contribution in [2.24, 2.45) is 5.92 Å². The summed E-state index contributed by atoms with van der Waals surface area (Å²) in [5.41, 5.74) is 0.910. The summed E-state index contributed by atoms with van der Waals surface area (Å²) >= 11 is 0. The second kappa shape index (κ2) is 7.36. The van der Waals surface area contributed by atoms with E-state index in [2.05, 4.69) is 4.74 Å². The van der Waals surface area contributed by atoms with Crippen LogP contribution < -0.4 is 0 Å². The predicted octanol–water partition coefficient (Wildman–Crippen LogP) is 2.44. The van der Waals surface area contributed by atoms with Crippen LogP contribution in [0.1, 0.15) is 19.4 Å². The Hall–Kier alpha value is -2.10. The molecule has 0 aliphatic rings. The van der Waals surface area contributed by atoms with Gasteiger partial charge in [-0.15, -0.1) is 0 Å². The maximum atomic E-state index is 11.6. The van der Waals surface area contributed by atoms with Gasteiger partial charge in [-0.1, -0.05) is 30.3 Å². The normalized spacial score (nSPS) is 13.8. The summed E-state index contributed by atoms with van der Waals surface area (Å²) in [5.74, 6) is -1.36. The summed E-state index contributed by atoms with van der Waals surface area (Å²) in [6.07, 6.45) is 2.48. The number of hydrogen-bond donors (Lipinski definition) is 0. The van der Waals surface area contributed by atoms with Crippen LogP contribution in [0.4, 0.5) is 0 Å². The van der Waals surface area contributed by atoms with E-state index in [0.29, 0.717) is 0 Å². The van der Waals surface area contributed by atoms with Gasteiger partial charge in [0.25, 0.3) is 0 Å². The van der Waals surface area contributed by atoms with Gasteiger partial charge in [0, 0.05) is 6.08 Å². The lowest BCUT2D eigenvalue weighted by Gasteiger charge is -2.17. The first kappa shape index (κ1) is 15.0. The topological polar surface area (TPSA) is 52.6 Å². The van der Waals surface area contributed by atoms with E-state index in [0.717, 1.165) is 5.56 Å². The molecule has 19 heavy (non-hydrogen) atoms. The third-order valence-electron chi connectivity index (χ3n) is 2.79. The maximum absolute atomic E-state index is 11.6. The molecule has 0 heterocycles. The zero-order valence-electron chi connectivity index (χ0n) is 11.3. The van der Waals surface area contributed by atoms with Gasteiger partial charge in [-0.25, -0.2) is 4.79 Å². The van der Waals surface area contributed by atoms with Gasteiger partial charge >= 0.3 is 11.9 Å². The van der Waals surface area contributed by atoms with Gasteiger partial charge in [0.15, 0.2) is 0 Å². The maximum Gasteiger partial charge on any atom is 0.331 e. The van der Waals surface area contributed by atoms with E-state index in [1.807, 2.05) is 30.3 Å². The summed E-state index contributed by atoms with van der Waals surface area (Å²) in [5, 5.41) is 0. The average molecular weight is 262 g/mol. The van der Waals surface area contributed by atoms with E-state index < -0.39 is 24.0 Å². The number of benzene rings is 1. The number of ether oxygens (including phenoxy) is 2. The molecule has 0 aliphatic carbocycles. The van der Waals surface area contributed by atoms with Crippen LogP contribution in [0.3, 0.4) is 0 Å². The van der Waals surface area contributed by atoms with Crippen molar-refractivity contribution in [1.29, 1.82) is 0 Å². The Balaban J connectivity index is 2.51. The number of carbonyl (C=O) groups excluding carboxylic acids is 2. The molecule has 0 saturated heterocycles. The highest BCUT2D eigenvalue weighted by molar-refractivity contribution is 5.87. The highest BCUT2D eigenvalue weighted by Gasteiger charge is 2.23. The van der Waals surface area contributed by atoms with Gasteiger partial charge in [0.2, 0.25) is 0 Å². The van der Waals surface area contributed by atoms with Crippen LogP contribution in [0.15, 0.2) is 36.4 Å². The van der Waals surface area contributed by atoms with Gasteiger partial charge in [-0.2, -0.15) is 0 Å². The smallest absolute Gasteiger partial charge is 0.331 e. The molecule has 1 aromatic carbocycles. The Morgan fingerprint density at radius 2 is 1.79 bits per heavy atom. The van der Waals surface area contributed by atoms with E-state index in [9.17, 15) is 9.59 Å². The Labute approximate surface area is 113 Å². The third-order valence-corrected chi connectivity index (χ3v) is 2.79. The molecule has 0 N–H and O–H groups in total. The minimum atomic E-state index is -0.527. The second-order valence-electron chi connectivity index (χ2n) is 4.20. The Morgan fingerprint density at radius 1 is 1.16 bits per heavy atom. The summed E-state index contributed by atoms with van der Waals surface area (Å²) in [6.45, 7) is 3.32. The quantitative estimate of drug-likeness (QED) is 0.604. The molecule has 4 nitrogen and oxygen atoms in total. The predicted molar refractivity (Wildman–Crippen MR) is 72.2 cm³/mol. The molecule has 2 atom stereocenters. The fourth-order valence-electron chi connectivity index (χ4n) is 1.43. The zero-order valence-corrected chi connectivity index (χ0v) is 11.3. The van der Waals surface area contributed by atoms with Crippen molar-refractivity contribution in [1.82, 2.24) is 0 Å². The van der Waals surface area contributed by atoms with Crippen molar-refractivity contribution in [3.8, 4) is 0 Å². The Kier molecular flexibility index (Phi) is 5.79. The number of hydrogen-bond acceptors (Lipinski definition) is 4. The van der Waals surface area contributed by atoms with Gasteiger partial charge in [-0.3, -0.25) is 4.79 Å². The van der Waals surface area contributed by atoms with E-state index in [1.165, 1.54) is 13.2 Å². The van der Waals surface area contributed by atoms with E-state index in [4.69, 9.17) is 4.74 Å². The van der Waals surface area contributed by atoms with E-state index in [-0.39, 0.29) is 0 Å². The van der Waals surface area contributed by atoms with Crippen molar-refractivity contribution in [2.45, 2.75) is 20.0 Å². The SMILES string of the molecule is COC(=O)C(C)C(C)OC(=O)C=Cc1ccccc1. The molecule has 4 heteroatoms. The van der Waals surface area contributed by atoms with Crippen molar-refractivity contribution >= 4 is 18.0 Å². The van der Waals surface area contributed by atoms with Gasteiger partial charge in [-0.05, 0) is 25.5 Å². The summed E-state index contributed by atoms with van der Waals surface area (Å²) in [4.78, 5) is 22.9. The molecule has 0 amide bonds. The highest BCUT2D eigenvalue weighted by atomic mass is 16.6. The molecular formula is C15H18O4. The molecule has 0 aliphatic heterocycles. The minimum Gasteiger partial charge on any atom is -0.469 e. The molecule has 0 bridgehead atoms. The van der Waals surface area contributed by atoms with Crippen LogP contribution in [-0.4, -0.2) is 25.2 Å². The molecule has 2 unspecified atom stereocenters. The fraction of sp³-hybridized carbons (Fsp3) is 0.333. The first-order chi connectivity index (χ1) is 9.04. The molecule has 0 spiro atoms. The molecule has 102 valence electrons. The van der Waals surface area contributed by atoms with Gasteiger partial charge in [0.1, 0.15) is 6.10 Å². The highest BCUT2D eigenvalue weighted by Crippen LogP contribution is 2.10. The summed E-state index contributed by atoms with van der Waals surface area (Å²) in [6, 6.07) is 9.42. The number of methoxy groups -OCH3 is 1. The van der Waals surface area contributed by atoms with Crippen LogP contribution in [0.2, 0.25) is 0 Å². The largest absolute Gasteiger partial charge is 0.469 e. The molecule has 1 rings (SSSR count). The number of rotatable bonds is 5. The van der Waals surface area contributed by atoms with Crippen molar-refractivity contribution < 1.29 is 19.1 Å². The molecule has 0 saturated carbocycles. The molecule has 0 aromatic heterocycles. The monoisotopic (exact) mass is 262 g/mol. The molecule has 1 aromatic rings. The van der Waals surface area contributed by atoms with Gasteiger partial charge < -0.3 is 9.47 Å². The van der Waals surface area contributed by atoms with Crippen molar-refractivity contribution in [3.63, 3.8) is 0 Å². The fourth-order valence-corrected chi connectivity index (χ4v) is 1.43.